The predicted octanol–water partition coefficient (Wildman–Crippen LogP) is 2.96. The summed E-state index contributed by atoms with van der Waals surface area (Å²) in [6.45, 7) is 13.1. The van der Waals surface area contributed by atoms with Gasteiger partial charge in [0.05, 0.1) is 0 Å². The Bertz CT molecular complexity index is 373. The van der Waals surface area contributed by atoms with Gasteiger partial charge in [-0.05, 0) is 24.2 Å². The van der Waals surface area contributed by atoms with Crippen LogP contribution in [0, 0.1) is 11.3 Å². The highest BCUT2D eigenvalue weighted by Gasteiger charge is 2.45. The van der Waals surface area contributed by atoms with Crippen LogP contribution < -0.4 is 5.32 Å². The molecule has 1 heterocycles. The Kier molecular flexibility index (Phi) is 6.24. The highest BCUT2D eigenvalue weighted by molar-refractivity contribution is 5.97. The smallest absolute Gasteiger partial charge is 0.245 e. The summed E-state index contributed by atoms with van der Waals surface area (Å²) in [6, 6.07) is -0.702. The first-order chi connectivity index (χ1) is 9.72. The minimum Gasteiger partial charge on any atom is -0.342 e. The molecule has 1 fully saturated rings. The van der Waals surface area contributed by atoms with E-state index in [-0.39, 0.29) is 29.3 Å². The van der Waals surface area contributed by atoms with Crippen molar-refractivity contribution in [2.24, 2.45) is 11.3 Å². The third-order valence-corrected chi connectivity index (χ3v) is 4.15. The van der Waals surface area contributed by atoms with Crippen LogP contribution >= 0.6 is 0 Å². The maximum Gasteiger partial charge on any atom is 0.245 e. The van der Waals surface area contributed by atoms with Gasteiger partial charge >= 0.3 is 0 Å². The van der Waals surface area contributed by atoms with E-state index in [9.17, 15) is 9.59 Å². The van der Waals surface area contributed by atoms with Gasteiger partial charge in [0.1, 0.15) is 12.1 Å². The number of carbonyl (C=O) groups is 2. The molecule has 4 nitrogen and oxygen atoms in total. The molecule has 3 unspecified atom stereocenters. The summed E-state index contributed by atoms with van der Waals surface area (Å²) in [4.78, 5) is 27.1. The molecule has 1 aliphatic heterocycles. The van der Waals surface area contributed by atoms with E-state index in [2.05, 4.69) is 19.2 Å². The third-order valence-electron chi connectivity index (χ3n) is 4.15. The van der Waals surface area contributed by atoms with Crippen molar-refractivity contribution in [1.82, 2.24) is 10.2 Å². The fourth-order valence-corrected chi connectivity index (χ4v) is 3.24. The average Bonchev–Trinajstić information content (AvgIpc) is 2.34. The molecule has 1 aliphatic rings. The molecule has 0 aromatic rings. The molecule has 0 aromatic heterocycles. The molecule has 0 spiro atoms. The molecule has 0 radical (unpaired) electrons. The topological polar surface area (TPSA) is 49.4 Å². The van der Waals surface area contributed by atoms with Crippen molar-refractivity contribution < 1.29 is 9.59 Å². The fourth-order valence-electron chi connectivity index (χ4n) is 3.24. The minimum absolute atomic E-state index is 0.00393. The lowest BCUT2D eigenvalue weighted by Gasteiger charge is -2.45. The zero-order valence-corrected chi connectivity index (χ0v) is 14.5. The van der Waals surface area contributed by atoms with Gasteiger partial charge in [0, 0.05) is 6.54 Å². The maximum atomic E-state index is 12.8. The normalized spacial score (nSPS) is 25.0. The number of carbonyl (C=O) groups excluding carboxylic acids is 2. The van der Waals surface area contributed by atoms with E-state index in [4.69, 9.17) is 0 Å². The number of rotatable bonds is 6. The Hall–Kier alpha value is -1.06. The molecule has 1 rings (SSSR count). The van der Waals surface area contributed by atoms with Gasteiger partial charge in [-0.1, -0.05) is 54.4 Å². The second kappa shape index (κ2) is 7.28. The van der Waals surface area contributed by atoms with Gasteiger partial charge < -0.3 is 10.2 Å². The van der Waals surface area contributed by atoms with Crippen LogP contribution in [0.1, 0.15) is 67.2 Å². The number of hydrogen-bond donors (Lipinski definition) is 1. The molecular weight excluding hydrogens is 264 g/mol. The molecule has 1 N–H and O–H groups in total. The zero-order chi connectivity index (χ0) is 16.2. The first kappa shape index (κ1) is 18.0. The third kappa shape index (κ3) is 4.45. The van der Waals surface area contributed by atoms with Gasteiger partial charge in [-0.2, -0.15) is 0 Å². The predicted molar refractivity (Wildman–Crippen MR) is 85.9 cm³/mol. The van der Waals surface area contributed by atoms with Gasteiger partial charge in [-0.3, -0.25) is 9.59 Å². The van der Waals surface area contributed by atoms with E-state index in [0.29, 0.717) is 12.5 Å². The van der Waals surface area contributed by atoms with Gasteiger partial charge in [-0.25, -0.2) is 0 Å². The van der Waals surface area contributed by atoms with E-state index in [1.165, 1.54) is 0 Å². The van der Waals surface area contributed by atoms with Crippen molar-refractivity contribution in [2.75, 3.05) is 6.54 Å². The summed E-state index contributed by atoms with van der Waals surface area (Å²) in [7, 11) is 0. The van der Waals surface area contributed by atoms with E-state index in [1.807, 2.05) is 32.6 Å². The molecule has 2 amide bonds. The van der Waals surface area contributed by atoms with Crippen LogP contribution in [0.25, 0.3) is 0 Å². The Morgan fingerprint density at radius 3 is 2.29 bits per heavy atom. The summed E-state index contributed by atoms with van der Waals surface area (Å²) in [5.41, 5.74) is -0.247. The zero-order valence-electron chi connectivity index (χ0n) is 14.5. The summed E-state index contributed by atoms with van der Waals surface area (Å²) < 4.78 is 0. The van der Waals surface area contributed by atoms with Crippen molar-refractivity contribution in [1.29, 1.82) is 0 Å². The van der Waals surface area contributed by atoms with Crippen molar-refractivity contribution in [2.45, 2.75) is 79.3 Å². The molecule has 122 valence electrons. The van der Waals surface area contributed by atoms with E-state index >= 15 is 0 Å². The summed E-state index contributed by atoms with van der Waals surface area (Å²) in [5.74, 6) is 0.528. The number of nitrogens with one attached hydrogen (secondary N) is 1. The van der Waals surface area contributed by atoms with Crippen molar-refractivity contribution in [3.05, 3.63) is 0 Å². The molecule has 21 heavy (non-hydrogen) atoms. The van der Waals surface area contributed by atoms with Gasteiger partial charge in [-0.15, -0.1) is 0 Å². The lowest BCUT2D eigenvalue weighted by molar-refractivity contribution is -0.154. The summed E-state index contributed by atoms with van der Waals surface area (Å²) in [6.07, 6.45) is 3.81. The Labute approximate surface area is 129 Å². The minimum atomic E-state index is -0.364. The Morgan fingerprint density at radius 1 is 1.19 bits per heavy atom. The highest BCUT2D eigenvalue weighted by atomic mass is 16.2. The highest BCUT2D eigenvalue weighted by Crippen LogP contribution is 2.29. The van der Waals surface area contributed by atoms with Crippen LogP contribution in [0.5, 0.6) is 0 Å². The molecule has 1 saturated heterocycles. The Balaban J connectivity index is 3.00. The van der Waals surface area contributed by atoms with Crippen LogP contribution in [0.4, 0.5) is 0 Å². The second-order valence-electron chi connectivity index (χ2n) is 7.50. The second-order valence-corrected chi connectivity index (χ2v) is 7.50. The monoisotopic (exact) mass is 296 g/mol. The van der Waals surface area contributed by atoms with Crippen LogP contribution in [0.2, 0.25) is 0 Å². The summed E-state index contributed by atoms with van der Waals surface area (Å²) >= 11 is 0. The molecule has 0 aromatic carbocycles. The van der Waals surface area contributed by atoms with E-state index < -0.39 is 0 Å². The van der Waals surface area contributed by atoms with Crippen LogP contribution in [0.3, 0.4) is 0 Å². The van der Waals surface area contributed by atoms with E-state index in [1.54, 1.807) is 0 Å². The number of nitrogens with zero attached hydrogens (tertiary/aromatic N) is 1. The number of amides is 2. The molecule has 0 bridgehead atoms. The number of hydrogen-bond acceptors (Lipinski definition) is 2. The first-order valence-electron chi connectivity index (χ1n) is 8.33. The van der Waals surface area contributed by atoms with Crippen molar-refractivity contribution >= 4 is 11.8 Å². The van der Waals surface area contributed by atoms with Crippen LogP contribution in [0.15, 0.2) is 0 Å². The molecule has 4 heteroatoms. The van der Waals surface area contributed by atoms with Gasteiger partial charge in [0.25, 0.3) is 0 Å². The lowest BCUT2D eigenvalue weighted by atomic mass is 9.82. The van der Waals surface area contributed by atoms with Crippen molar-refractivity contribution in [3.63, 3.8) is 0 Å². The van der Waals surface area contributed by atoms with Gasteiger partial charge in [0.15, 0.2) is 0 Å². The largest absolute Gasteiger partial charge is 0.342 e. The number of piperazine rings is 1. The molecular formula is C17H32N2O2. The fraction of sp³-hybridized carbons (Fsp3) is 0.882. The Morgan fingerprint density at radius 2 is 1.81 bits per heavy atom. The lowest BCUT2D eigenvalue weighted by Crippen LogP contribution is -2.67. The standard InChI is InChI=1S/C17H32N2O2/c1-7-9-12(3)11-19-14(17(4,5)6)15(20)18-13(10-8-2)16(19)21/h12-14H,7-11H2,1-6H3,(H,18,20). The quantitative estimate of drug-likeness (QED) is 0.819. The maximum absolute atomic E-state index is 12.8. The molecule has 3 atom stereocenters. The molecule has 0 aliphatic carbocycles. The van der Waals surface area contributed by atoms with Crippen LogP contribution in [-0.4, -0.2) is 35.3 Å². The molecule has 0 saturated carbocycles. The average molecular weight is 296 g/mol. The summed E-state index contributed by atoms with van der Waals surface area (Å²) in [5, 5.41) is 2.93. The van der Waals surface area contributed by atoms with Crippen LogP contribution in [-0.2, 0) is 9.59 Å². The first-order valence-corrected chi connectivity index (χ1v) is 8.33. The van der Waals surface area contributed by atoms with Gasteiger partial charge in [0.2, 0.25) is 11.8 Å². The SMILES string of the molecule is CCCC(C)CN1C(=O)C(CCC)NC(=O)C1C(C)(C)C. The van der Waals surface area contributed by atoms with E-state index in [0.717, 1.165) is 25.7 Å². The van der Waals surface area contributed by atoms with Crippen molar-refractivity contribution in [3.8, 4) is 0 Å².